The minimum atomic E-state index is -0.393. The molecule has 0 bridgehead atoms. The van der Waals surface area contributed by atoms with Crippen LogP contribution in [0.1, 0.15) is 21.0 Å². The second-order valence-corrected chi connectivity index (χ2v) is 12.5. The molecule has 19 heteroatoms. The van der Waals surface area contributed by atoms with Crippen molar-refractivity contribution < 1.29 is 28.7 Å². The van der Waals surface area contributed by atoms with Crippen molar-refractivity contribution in [2.24, 2.45) is 0 Å². The highest BCUT2D eigenvalue weighted by atomic mass is 16.5. The number of carbonyl (C=O) groups is 4. The fourth-order valence-electron chi connectivity index (χ4n) is 5.46. The second-order valence-electron chi connectivity index (χ2n) is 12.5. The summed E-state index contributed by atoms with van der Waals surface area (Å²) in [6.45, 7) is 0. The Balaban J connectivity index is 0.000000181. The number of nitrogens with one attached hydrogen (secondary N) is 8. The highest BCUT2D eigenvalue weighted by Gasteiger charge is 2.10. The number of hydrogen-bond acceptors (Lipinski definition) is 11. The van der Waals surface area contributed by atoms with Crippen molar-refractivity contribution in [1.29, 1.82) is 0 Å². The van der Waals surface area contributed by atoms with E-state index < -0.39 is 6.03 Å². The Kier molecular flexibility index (Phi) is 12.1. The van der Waals surface area contributed by atoms with Crippen LogP contribution in [0.3, 0.4) is 0 Å². The van der Waals surface area contributed by atoms with Crippen molar-refractivity contribution >= 4 is 68.6 Å². The lowest BCUT2D eigenvalue weighted by Gasteiger charge is -2.10. The van der Waals surface area contributed by atoms with Gasteiger partial charge in [0.2, 0.25) is 0 Å². The van der Waals surface area contributed by atoms with Crippen LogP contribution < -0.4 is 41.4 Å². The summed E-state index contributed by atoms with van der Waals surface area (Å²) in [6.07, 6.45) is 4.71. The van der Waals surface area contributed by atoms with Gasteiger partial charge in [-0.1, -0.05) is 0 Å². The number of carbonyl (C=O) groups excluding carboxylic acids is 4. The number of anilines is 4. The smallest absolute Gasteiger partial charge is 0.323 e. The molecule has 0 spiro atoms. The van der Waals surface area contributed by atoms with E-state index in [1.165, 1.54) is 26.5 Å². The molecule has 0 fully saturated rings. The van der Waals surface area contributed by atoms with Gasteiger partial charge in [-0.3, -0.25) is 24.7 Å². The number of aromatic nitrogens is 7. The zero-order valence-electron chi connectivity index (χ0n) is 31.8. The molecule has 0 atom stereocenters. The molecule has 8 aromatic rings. The van der Waals surface area contributed by atoms with Gasteiger partial charge in [-0.25, -0.2) is 9.59 Å². The maximum Gasteiger partial charge on any atom is 0.323 e. The Bertz CT molecular complexity index is 2600. The van der Waals surface area contributed by atoms with Crippen molar-refractivity contribution in [2.45, 2.75) is 0 Å². The van der Waals surface area contributed by atoms with Crippen LogP contribution in [0.4, 0.5) is 32.3 Å². The van der Waals surface area contributed by atoms with E-state index in [2.05, 4.69) is 67.5 Å². The van der Waals surface area contributed by atoms with E-state index in [1.807, 2.05) is 6.07 Å². The normalized spacial score (nSPS) is 10.4. The quantitative estimate of drug-likeness (QED) is 0.0705. The fraction of sp³-hybridized carbons (Fsp3) is 0.0488. The van der Waals surface area contributed by atoms with Crippen molar-refractivity contribution in [3.63, 3.8) is 0 Å². The monoisotopic (exact) mass is 805 g/mol. The largest absolute Gasteiger partial charge is 0.457 e. The highest BCUT2D eigenvalue weighted by Crippen LogP contribution is 2.25. The molecule has 0 unspecified atom stereocenters. The van der Waals surface area contributed by atoms with Gasteiger partial charge >= 0.3 is 12.1 Å². The summed E-state index contributed by atoms with van der Waals surface area (Å²) >= 11 is 0. The van der Waals surface area contributed by atoms with E-state index in [9.17, 15) is 19.2 Å². The van der Waals surface area contributed by atoms with Crippen LogP contribution in [0.15, 0.2) is 128 Å². The molecule has 4 heterocycles. The van der Waals surface area contributed by atoms with E-state index in [-0.39, 0.29) is 29.2 Å². The zero-order chi connectivity index (χ0) is 41.8. The molecule has 300 valence electrons. The zero-order valence-corrected chi connectivity index (χ0v) is 31.8. The Morgan fingerprint density at radius 1 is 0.517 bits per heavy atom. The van der Waals surface area contributed by atoms with Gasteiger partial charge in [0.25, 0.3) is 11.8 Å². The molecular weight excluding hydrogens is 771 g/mol. The number of amides is 6. The van der Waals surface area contributed by atoms with Gasteiger partial charge in [0.1, 0.15) is 45.4 Å². The third kappa shape index (κ3) is 10.3. The van der Waals surface area contributed by atoms with Gasteiger partial charge in [0.05, 0.1) is 11.7 Å². The minimum Gasteiger partial charge on any atom is -0.457 e. The van der Waals surface area contributed by atoms with E-state index in [1.54, 1.807) is 109 Å². The number of H-pyrrole nitrogens is 2. The molecule has 60 heavy (non-hydrogen) atoms. The second kappa shape index (κ2) is 18.4. The van der Waals surface area contributed by atoms with Gasteiger partial charge in [-0.05, 0) is 97.1 Å². The maximum absolute atomic E-state index is 12.2. The molecule has 0 aliphatic rings. The van der Waals surface area contributed by atoms with E-state index >= 15 is 0 Å². The third-order valence-corrected chi connectivity index (χ3v) is 8.35. The summed E-state index contributed by atoms with van der Waals surface area (Å²) in [6, 6.07) is 30.0. The van der Waals surface area contributed by atoms with Crippen molar-refractivity contribution in [3.8, 4) is 23.0 Å². The van der Waals surface area contributed by atoms with E-state index in [0.29, 0.717) is 56.8 Å². The molecule has 19 nitrogen and oxygen atoms in total. The van der Waals surface area contributed by atoms with Crippen LogP contribution in [0.5, 0.6) is 23.0 Å². The maximum atomic E-state index is 12.2. The first-order chi connectivity index (χ1) is 29.2. The van der Waals surface area contributed by atoms with Crippen LogP contribution >= 0.6 is 0 Å². The first-order valence-electron chi connectivity index (χ1n) is 18.0. The Labute approximate surface area is 340 Å². The summed E-state index contributed by atoms with van der Waals surface area (Å²) in [4.78, 5) is 55.8. The number of rotatable bonds is 10. The first-order valence-corrected chi connectivity index (χ1v) is 18.0. The predicted molar refractivity (Wildman–Crippen MR) is 224 cm³/mol. The topological polar surface area (TPSA) is 255 Å². The molecule has 8 rings (SSSR count). The third-order valence-electron chi connectivity index (χ3n) is 8.35. The van der Waals surface area contributed by atoms with Gasteiger partial charge in [0, 0.05) is 66.8 Å². The molecule has 4 aromatic carbocycles. The number of nitrogens with zero attached hydrogens (tertiary/aromatic N) is 5. The Hall–Kier alpha value is -8.87. The molecule has 0 aliphatic heterocycles. The van der Waals surface area contributed by atoms with Gasteiger partial charge < -0.3 is 41.4 Å². The number of ether oxygens (including phenoxy) is 2. The number of benzene rings is 4. The molecule has 6 amide bonds. The van der Waals surface area contributed by atoms with Crippen LogP contribution in [-0.4, -0.2) is 73.5 Å². The first kappa shape index (κ1) is 39.4. The van der Waals surface area contributed by atoms with Gasteiger partial charge in [-0.15, -0.1) is 0 Å². The van der Waals surface area contributed by atoms with Gasteiger partial charge in [-0.2, -0.15) is 20.5 Å². The Morgan fingerprint density at radius 3 is 1.55 bits per heavy atom. The standard InChI is InChI=1S/C21H18N6O3.C20H17N7O3/c1-22-20(28)19-11-17(8-9-23-19)30-16-6-4-14(5-7-16)25-21(29)26-15-3-2-13-12-24-27-18(13)10-15;1-21-19(28)18-11-15(8-9-22-18)30-14-5-2-12(3-6-14)23-20(29)24-13-4-7-16-17(10-13)26-27-25-16/h2-12H,1H3,(H,22,28)(H,24,27)(H2,25,26,29);2-11H,1H3,(H,21,28)(H2,23,24,29)(H,25,26,27). The summed E-state index contributed by atoms with van der Waals surface area (Å²) in [5.41, 5.74) is 5.16. The van der Waals surface area contributed by atoms with Crippen LogP contribution in [-0.2, 0) is 0 Å². The lowest BCUT2D eigenvalue weighted by Crippen LogP contribution is -2.19. The molecular formula is C41H35N13O6. The van der Waals surface area contributed by atoms with Crippen LogP contribution in [0.25, 0.3) is 21.9 Å². The van der Waals surface area contributed by atoms with Crippen molar-refractivity contribution in [3.05, 3.63) is 139 Å². The predicted octanol–water partition coefficient (Wildman–Crippen LogP) is 6.90. The summed E-state index contributed by atoms with van der Waals surface area (Å²) in [5.74, 6) is 1.47. The fourth-order valence-corrected chi connectivity index (χ4v) is 5.46. The van der Waals surface area contributed by atoms with Crippen molar-refractivity contribution in [2.75, 3.05) is 35.4 Å². The molecule has 0 aliphatic carbocycles. The van der Waals surface area contributed by atoms with Crippen LogP contribution in [0.2, 0.25) is 0 Å². The SMILES string of the molecule is CNC(=O)c1cc(Oc2ccc(NC(=O)Nc3ccc4cn[nH]c4c3)cc2)ccn1.CNC(=O)c1cc(Oc2ccc(NC(=O)Nc3ccc4n[nH]nc4c3)cc2)ccn1. The lowest BCUT2D eigenvalue weighted by molar-refractivity contribution is 0.0950. The lowest BCUT2D eigenvalue weighted by atomic mass is 10.2. The number of pyridine rings is 2. The minimum absolute atomic E-state index is 0.258. The van der Waals surface area contributed by atoms with E-state index in [0.717, 1.165) is 10.9 Å². The highest BCUT2D eigenvalue weighted by molar-refractivity contribution is 6.01. The molecule has 8 N–H and O–H groups in total. The molecule has 0 radical (unpaired) electrons. The van der Waals surface area contributed by atoms with Crippen molar-refractivity contribution in [1.82, 2.24) is 46.2 Å². The Morgan fingerprint density at radius 2 is 1.00 bits per heavy atom. The van der Waals surface area contributed by atoms with E-state index in [4.69, 9.17) is 9.47 Å². The van der Waals surface area contributed by atoms with Gasteiger partial charge in [0.15, 0.2) is 0 Å². The average Bonchev–Trinajstić information content (AvgIpc) is 3.94. The molecule has 4 aromatic heterocycles. The number of aromatic amines is 2. The summed E-state index contributed by atoms with van der Waals surface area (Å²) in [5, 5.41) is 34.3. The average molecular weight is 806 g/mol. The summed E-state index contributed by atoms with van der Waals surface area (Å²) < 4.78 is 11.5. The summed E-state index contributed by atoms with van der Waals surface area (Å²) in [7, 11) is 3.07. The molecule has 0 saturated heterocycles. The number of hydrogen-bond donors (Lipinski definition) is 8. The number of fused-ring (bicyclic) bond motifs is 2. The molecule has 0 saturated carbocycles. The number of urea groups is 2. The van der Waals surface area contributed by atoms with Crippen LogP contribution in [0, 0.1) is 0 Å².